The second-order valence-corrected chi connectivity index (χ2v) is 3.44. The van der Waals surface area contributed by atoms with E-state index in [0.29, 0.717) is 5.39 Å². The Kier molecular flexibility index (Phi) is 2.65. The first-order chi connectivity index (χ1) is 7.93. The highest BCUT2D eigenvalue weighted by molar-refractivity contribution is 5.91. The van der Waals surface area contributed by atoms with Crippen molar-refractivity contribution < 1.29 is 17.6 Å². The number of anilines is 1. The third kappa shape index (κ3) is 2.02. The Labute approximate surface area is 94.3 Å². The SMILES string of the molecule is CNc1cc(C(F)(F)F)nc2c(F)cccc12. The number of pyridine rings is 1. The van der Waals surface area contributed by atoms with Gasteiger partial charge in [0.1, 0.15) is 17.0 Å². The normalized spacial score (nSPS) is 11.8. The molecule has 0 aliphatic rings. The fourth-order valence-electron chi connectivity index (χ4n) is 1.57. The molecule has 0 amide bonds. The summed E-state index contributed by atoms with van der Waals surface area (Å²) >= 11 is 0. The number of hydrogen-bond acceptors (Lipinski definition) is 2. The molecule has 1 aromatic carbocycles. The zero-order valence-corrected chi connectivity index (χ0v) is 8.77. The van der Waals surface area contributed by atoms with Crippen LogP contribution in [-0.4, -0.2) is 12.0 Å². The van der Waals surface area contributed by atoms with Gasteiger partial charge in [-0.25, -0.2) is 9.37 Å². The fourth-order valence-corrected chi connectivity index (χ4v) is 1.57. The number of benzene rings is 1. The van der Waals surface area contributed by atoms with Crippen molar-refractivity contribution in [3.05, 3.63) is 35.8 Å². The van der Waals surface area contributed by atoms with Crippen LogP contribution in [-0.2, 0) is 6.18 Å². The van der Waals surface area contributed by atoms with Gasteiger partial charge in [-0.05, 0) is 12.1 Å². The van der Waals surface area contributed by atoms with E-state index in [9.17, 15) is 17.6 Å². The van der Waals surface area contributed by atoms with Crippen molar-refractivity contribution in [2.45, 2.75) is 6.18 Å². The quantitative estimate of drug-likeness (QED) is 0.777. The summed E-state index contributed by atoms with van der Waals surface area (Å²) in [6.45, 7) is 0. The van der Waals surface area contributed by atoms with Crippen molar-refractivity contribution in [1.82, 2.24) is 4.98 Å². The van der Waals surface area contributed by atoms with Crippen LogP contribution in [0, 0.1) is 5.82 Å². The molecule has 0 bridgehead atoms. The van der Waals surface area contributed by atoms with Crippen LogP contribution in [0.25, 0.3) is 10.9 Å². The predicted octanol–water partition coefficient (Wildman–Crippen LogP) is 3.43. The number of halogens is 4. The van der Waals surface area contributed by atoms with E-state index in [2.05, 4.69) is 10.3 Å². The van der Waals surface area contributed by atoms with Crippen LogP contribution in [0.1, 0.15) is 5.69 Å². The average Bonchev–Trinajstić information content (AvgIpc) is 2.27. The Morgan fingerprint density at radius 1 is 1.24 bits per heavy atom. The standard InChI is InChI=1S/C11H8F4N2/c1-16-8-5-9(11(13,14)15)17-10-6(8)3-2-4-7(10)12/h2-5H,1H3,(H,16,17). The number of para-hydroxylation sites is 1. The minimum Gasteiger partial charge on any atom is -0.388 e. The van der Waals surface area contributed by atoms with Crippen LogP contribution in [0.3, 0.4) is 0 Å². The molecule has 90 valence electrons. The Bertz CT molecular complexity index is 563. The van der Waals surface area contributed by atoms with Gasteiger partial charge in [-0.15, -0.1) is 0 Å². The summed E-state index contributed by atoms with van der Waals surface area (Å²) < 4.78 is 51.1. The summed E-state index contributed by atoms with van der Waals surface area (Å²) in [5, 5.41) is 2.92. The number of nitrogens with zero attached hydrogens (tertiary/aromatic N) is 1. The molecular formula is C11H8F4N2. The van der Waals surface area contributed by atoms with Gasteiger partial charge in [0, 0.05) is 18.1 Å². The first-order valence-electron chi connectivity index (χ1n) is 4.77. The van der Waals surface area contributed by atoms with Crippen LogP contribution in [0.5, 0.6) is 0 Å². The molecule has 2 aromatic rings. The van der Waals surface area contributed by atoms with Gasteiger partial charge >= 0.3 is 6.18 Å². The molecule has 0 fully saturated rings. The number of rotatable bonds is 1. The third-order valence-electron chi connectivity index (χ3n) is 2.35. The molecule has 0 saturated heterocycles. The lowest BCUT2D eigenvalue weighted by Gasteiger charge is -2.11. The van der Waals surface area contributed by atoms with E-state index in [1.165, 1.54) is 19.2 Å². The molecule has 1 N–H and O–H groups in total. The Morgan fingerprint density at radius 3 is 2.53 bits per heavy atom. The molecule has 6 heteroatoms. The van der Waals surface area contributed by atoms with Gasteiger partial charge in [-0.3, -0.25) is 0 Å². The molecule has 0 aliphatic heterocycles. The van der Waals surface area contributed by atoms with E-state index >= 15 is 0 Å². The van der Waals surface area contributed by atoms with Crippen LogP contribution < -0.4 is 5.32 Å². The lowest BCUT2D eigenvalue weighted by Crippen LogP contribution is -2.09. The van der Waals surface area contributed by atoms with Gasteiger partial charge in [-0.2, -0.15) is 13.2 Å². The number of fused-ring (bicyclic) bond motifs is 1. The van der Waals surface area contributed by atoms with Crippen LogP contribution in [0.15, 0.2) is 24.3 Å². The van der Waals surface area contributed by atoms with E-state index < -0.39 is 17.7 Å². The Balaban J connectivity index is 2.81. The highest BCUT2D eigenvalue weighted by Crippen LogP contribution is 2.33. The molecule has 2 rings (SSSR count). The van der Waals surface area contributed by atoms with Gasteiger partial charge < -0.3 is 5.32 Å². The fraction of sp³-hybridized carbons (Fsp3) is 0.182. The summed E-state index contributed by atoms with van der Waals surface area (Å²) in [7, 11) is 1.47. The predicted molar refractivity (Wildman–Crippen MR) is 56.2 cm³/mol. The summed E-state index contributed by atoms with van der Waals surface area (Å²) in [5.41, 5.74) is -1.20. The topological polar surface area (TPSA) is 24.9 Å². The maximum Gasteiger partial charge on any atom is 0.433 e. The van der Waals surface area contributed by atoms with Gasteiger partial charge in [-0.1, -0.05) is 12.1 Å². The molecule has 0 spiro atoms. The first-order valence-corrected chi connectivity index (χ1v) is 4.77. The first kappa shape index (κ1) is 11.6. The van der Waals surface area contributed by atoms with Crippen molar-refractivity contribution in [1.29, 1.82) is 0 Å². The third-order valence-corrected chi connectivity index (χ3v) is 2.35. The molecule has 0 aliphatic carbocycles. The second kappa shape index (κ2) is 3.87. The van der Waals surface area contributed by atoms with Crippen molar-refractivity contribution >= 4 is 16.6 Å². The van der Waals surface area contributed by atoms with Crippen molar-refractivity contribution in [3.8, 4) is 0 Å². The van der Waals surface area contributed by atoms with E-state index in [-0.39, 0.29) is 11.2 Å². The van der Waals surface area contributed by atoms with Crippen LogP contribution in [0.2, 0.25) is 0 Å². The van der Waals surface area contributed by atoms with E-state index in [0.717, 1.165) is 12.1 Å². The minimum atomic E-state index is -4.60. The van der Waals surface area contributed by atoms with Gasteiger partial charge in [0.05, 0.1) is 0 Å². The highest BCUT2D eigenvalue weighted by atomic mass is 19.4. The molecule has 0 radical (unpaired) electrons. The minimum absolute atomic E-state index is 0.196. The summed E-state index contributed by atoms with van der Waals surface area (Å²) in [6, 6.07) is 4.88. The number of nitrogens with one attached hydrogen (secondary N) is 1. The maximum absolute atomic E-state index is 13.4. The lowest BCUT2D eigenvalue weighted by atomic mass is 10.1. The Morgan fingerprint density at radius 2 is 1.94 bits per heavy atom. The molecule has 1 heterocycles. The zero-order chi connectivity index (χ0) is 12.6. The molecule has 0 unspecified atom stereocenters. The van der Waals surface area contributed by atoms with Crippen LogP contribution in [0.4, 0.5) is 23.2 Å². The molecule has 2 nitrogen and oxygen atoms in total. The molecule has 17 heavy (non-hydrogen) atoms. The highest BCUT2D eigenvalue weighted by Gasteiger charge is 2.33. The summed E-state index contributed by atoms with van der Waals surface area (Å²) in [6.07, 6.45) is -4.60. The smallest absolute Gasteiger partial charge is 0.388 e. The van der Waals surface area contributed by atoms with Gasteiger partial charge in [0.2, 0.25) is 0 Å². The monoisotopic (exact) mass is 244 g/mol. The Hall–Kier alpha value is -1.85. The zero-order valence-electron chi connectivity index (χ0n) is 8.77. The summed E-state index contributed by atoms with van der Waals surface area (Å²) in [4.78, 5) is 3.31. The largest absolute Gasteiger partial charge is 0.433 e. The summed E-state index contributed by atoms with van der Waals surface area (Å²) in [5.74, 6) is -0.773. The molecule has 0 saturated carbocycles. The number of aromatic nitrogens is 1. The molecular weight excluding hydrogens is 236 g/mol. The number of hydrogen-bond donors (Lipinski definition) is 1. The van der Waals surface area contributed by atoms with Crippen LogP contribution >= 0.6 is 0 Å². The second-order valence-electron chi connectivity index (χ2n) is 3.44. The lowest BCUT2D eigenvalue weighted by molar-refractivity contribution is -0.140. The van der Waals surface area contributed by atoms with Crippen molar-refractivity contribution in [2.75, 3.05) is 12.4 Å². The van der Waals surface area contributed by atoms with E-state index in [1.54, 1.807) is 0 Å². The van der Waals surface area contributed by atoms with E-state index in [1.807, 2.05) is 0 Å². The van der Waals surface area contributed by atoms with Crippen molar-refractivity contribution in [3.63, 3.8) is 0 Å². The van der Waals surface area contributed by atoms with Crippen molar-refractivity contribution in [2.24, 2.45) is 0 Å². The van der Waals surface area contributed by atoms with Gasteiger partial charge in [0.15, 0.2) is 0 Å². The molecule has 0 atom stereocenters. The number of alkyl halides is 3. The van der Waals surface area contributed by atoms with E-state index in [4.69, 9.17) is 0 Å². The maximum atomic E-state index is 13.4. The average molecular weight is 244 g/mol. The molecule has 1 aromatic heterocycles. The van der Waals surface area contributed by atoms with Gasteiger partial charge in [0.25, 0.3) is 0 Å².